The third-order valence-electron chi connectivity index (χ3n) is 2.21. The lowest BCUT2D eigenvalue weighted by molar-refractivity contribution is -0.137. The van der Waals surface area contributed by atoms with Crippen LogP contribution in [0.4, 0.5) is 18.9 Å². The topological polar surface area (TPSA) is 21.3 Å². The molecule has 0 aliphatic carbocycles. The summed E-state index contributed by atoms with van der Waals surface area (Å²) < 4.78 is 42.7. The van der Waals surface area contributed by atoms with Crippen LogP contribution in [0.3, 0.4) is 0 Å². The predicted molar refractivity (Wildman–Crippen MR) is 56.4 cm³/mol. The number of hydrogen-bond donors (Lipinski definition) is 1. The molecular formula is C11H14F3NO. The number of benzene rings is 1. The van der Waals surface area contributed by atoms with Gasteiger partial charge in [0.1, 0.15) is 0 Å². The molecule has 1 aromatic rings. The molecule has 1 unspecified atom stereocenters. The summed E-state index contributed by atoms with van der Waals surface area (Å²) in [6, 6.07) is 5.40. The molecule has 1 N–H and O–H groups in total. The van der Waals surface area contributed by atoms with Crippen LogP contribution < -0.4 is 5.32 Å². The smallest absolute Gasteiger partial charge is 0.382 e. The Labute approximate surface area is 92.4 Å². The molecule has 0 aromatic heterocycles. The Hall–Kier alpha value is -1.23. The van der Waals surface area contributed by atoms with Crippen LogP contribution in [0.5, 0.6) is 0 Å². The lowest BCUT2D eigenvalue weighted by atomic mass is 10.1. The molecule has 0 bridgehead atoms. The van der Waals surface area contributed by atoms with E-state index < -0.39 is 11.7 Å². The zero-order chi connectivity index (χ0) is 12.2. The van der Waals surface area contributed by atoms with Crippen molar-refractivity contribution in [3.8, 4) is 0 Å². The van der Waals surface area contributed by atoms with Crippen LogP contribution >= 0.6 is 0 Å². The molecule has 0 aliphatic rings. The molecule has 1 rings (SSSR count). The summed E-state index contributed by atoms with van der Waals surface area (Å²) in [5.74, 6) is 0. The van der Waals surface area contributed by atoms with Crippen LogP contribution in [-0.2, 0) is 10.9 Å². The van der Waals surface area contributed by atoms with Crippen molar-refractivity contribution in [2.75, 3.05) is 19.0 Å². The first-order valence-electron chi connectivity index (χ1n) is 4.88. The summed E-state index contributed by atoms with van der Waals surface area (Å²) in [5.41, 5.74) is -0.572. The molecule has 1 atom stereocenters. The van der Waals surface area contributed by atoms with Gasteiger partial charge in [-0.15, -0.1) is 0 Å². The van der Waals surface area contributed by atoms with Gasteiger partial charge in [0, 0.05) is 19.3 Å². The van der Waals surface area contributed by atoms with Gasteiger partial charge in [-0.2, -0.15) is 13.2 Å². The number of methoxy groups -OCH3 is 1. The van der Waals surface area contributed by atoms with E-state index in [4.69, 9.17) is 4.74 Å². The molecular weight excluding hydrogens is 219 g/mol. The summed E-state index contributed by atoms with van der Waals surface area (Å²) in [4.78, 5) is 0. The van der Waals surface area contributed by atoms with Crippen LogP contribution in [-0.4, -0.2) is 19.8 Å². The highest BCUT2D eigenvalue weighted by Gasteiger charge is 2.33. The Morgan fingerprint density at radius 2 is 1.94 bits per heavy atom. The van der Waals surface area contributed by atoms with E-state index in [-0.39, 0.29) is 11.8 Å². The van der Waals surface area contributed by atoms with Crippen LogP contribution in [0, 0.1) is 0 Å². The highest BCUT2D eigenvalue weighted by atomic mass is 19.4. The molecule has 2 nitrogen and oxygen atoms in total. The number of anilines is 1. The monoisotopic (exact) mass is 233 g/mol. The van der Waals surface area contributed by atoms with Crippen molar-refractivity contribution >= 4 is 5.69 Å². The maximum absolute atomic E-state index is 12.6. The van der Waals surface area contributed by atoms with E-state index in [9.17, 15) is 13.2 Å². The van der Waals surface area contributed by atoms with Gasteiger partial charge < -0.3 is 10.1 Å². The molecule has 16 heavy (non-hydrogen) atoms. The zero-order valence-corrected chi connectivity index (χ0v) is 9.14. The Bertz CT molecular complexity index is 338. The van der Waals surface area contributed by atoms with Gasteiger partial charge in [0.05, 0.1) is 11.7 Å². The van der Waals surface area contributed by atoms with Crippen LogP contribution in [0.15, 0.2) is 24.3 Å². The minimum Gasteiger partial charge on any atom is -0.382 e. The number of rotatable bonds is 4. The fourth-order valence-electron chi connectivity index (χ4n) is 1.22. The summed E-state index contributed by atoms with van der Waals surface area (Å²) in [7, 11) is 1.52. The maximum atomic E-state index is 12.6. The van der Waals surface area contributed by atoms with Crippen molar-refractivity contribution < 1.29 is 17.9 Å². The Kier molecular flexibility index (Phi) is 4.18. The first-order valence-corrected chi connectivity index (χ1v) is 4.88. The molecule has 0 heterocycles. The highest BCUT2D eigenvalue weighted by Crippen LogP contribution is 2.34. The molecule has 0 saturated carbocycles. The van der Waals surface area contributed by atoms with Gasteiger partial charge in [0.15, 0.2) is 0 Å². The molecule has 0 aliphatic heterocycles. The number of para-hydroxylation sites is 1. The van der Waals surface area contributed by atoms with E-state index in [1.54, 1.807) is 13.0 Å². The van der Waals surface area contributed by atoms with Crippen LogP contribution in [0.25, 0.3) is 0 Å². The molecule has 0 amide bonds. The highest BCUT2D eigenvalue weighted by molar-refractivity contribution is 5.52. The van der Waals surface area contributed by atoms with Gasteiger partial charge in [-0.3, -0.25) is 0 Å². The van der Waals surface area contributed by atoms with E-state index in [0.717, 1.165) is 6.07 Å². The fourth-order valence-corrected chi connectivity index (χ4v) is 1.22. The van der Waals surface area contributed by atoms with Gasteiger partial charge in [-0.25, -0.2) is 0 Å². The number of nitrogens with one attached hydrogen (secondary N) is 1. The van der Waals surface area contributed by atoms with Crippen molar-refractivity contribution in [3.05, 3.63) is 29.8 Å². The molecule has 0 saturated heterocycles. The molecule has 0 radical (unpaired) electrons. The fraction of sp³-hybridized carbons (Fsp3) is 0.455. The molecule has 0 spiro atoms. The summed E-state index contributed by atoms with van der Waals surface area (Å²) in [6.07, 6.45) is -4.47. The third-order valence-corrected chi connectivity index (χ3v) is 2.21. The van der Waals surface area contributed by atoms with Crippen LogP contribution in [0.2, 0.25) is 0 Å². The number of halogens is 3. The first kappa shape index (κ1) is 12.8. The lowest BCUT2D eigenvalue weighted by Gasteiger charge is -2.16. The van der Waals surface area contributed by atoms with Gasteiger partial charge >= 0.3 is 6.18 Å². The van der Waals surface area contributed by atoms with E-state index in [1.165, 1.54) is 19.2 Å². The molecule has 90 valence electrons. The van der Waals surface area contributed by atoms with E-state index in [2.05, 4.69) is 5.32 Å². The third kappa shape index (κ3) is 3.41. The second-order valence-electron chi connectivity index (χ2n) is 3.47. The van der Waals surface area contributed by atoms with E-state index in [1.807, 2.05) is 0 Å². The van der Waals surface area contributed by atoms with Crippen molar-refractivity contribution in [2.24, 2.45) is 0 Å². The van der Waals surface area contributed by atoms with Gasteiger partial charge in [0.25, 0.3) is 0 Å². The zero-order valence-electron chi connectivity index (χ0n) is 9.14. The Morgan fingerprint density at radius 1 is 1.31 bits per heavy atom. The van der Waals surface area contributed by atoms with Crippen molar-refractivity contribution in [3.63, 3.8) is 0 Å². The van der Waals surface area contributed by atoms with Gasteiger partial charge in [0.2, 0.25) is 0 Å². The lowest BCUT2D eigenvalue weighted by Crippen LogP contribution is -2.20. The minimum absolute atomic E-state index is 0.0823. The van der Waals surface area contributed by atoms with Crippen LogP contribution in [0.1, 0.15) is 12.5 Å². The van der Waals surface area contributed by atoms with Crippen molar-refractivity contribution in [1.29, 1.82) is 0 Å². The summed E-state index contributed by atoms with van der Waals surface area (Å²) in [5, 5.41) is 2.73. The Balaban J connectivity index is 2.80. The predicted octanol–water partition coefficient (Wildman–Crippen LogP) is 3.15. The Morgan fingerprint density at radius 3 is 2.50 bits per heavy atom. The average molecular weight is 233 g/mol. The SMILES string of the molecule is COC(C)CNc1ccccc1C(F)(F)F. The normalized spacial score (nSPS) is 13.6. The average Bonchev–Trinajstić information content (AvgIpc) is 2.25. The molecule has 1 aromatic carbocycles. The first-order chi connectivity index (χ1) is 7.45. The number of hydrogen-bond acceptors (Lipinski definition) is 2. The quantitative estimate of drug-likeness (QED) is 0.862. The second kappa shape index (κ2) is 5.21. The van der Waals surface area contributed by atoms with E-state index >= 15 is 0 Å². The van der Waals surface area contributed by atoms with Crippen molar-refractivity contribution in [2.45, 2.75) is 19.2 Å². The largest absolute Gasteiger partial charge is 0.418 e. The van der Waals surface area contributed by atoms with E-state index in [0.29, 0.717) is 6.54 Å². The molecule has 0 fully saturated rings. The number of alkyl halides is 3. The number of ether oxygens (including phenoxy) is 1. The van der Waals surface area contributed by atoms with Gasteiger partial charge in [-0.05, 0) is 19.1 Å². The maximum Gasteiger partial charge on any atom is 0.418 e. The van der Waals surface area contributed by atoms with Gasteiger partial charge in [-0.1, -0.05) is 12.1 Å². The molecule has 5 heteroatoms. The minimum atomic E-state index is -4.33. The van der Waals surface area contributed by atoms with Crippen molar-refractivity contribution in [1.82, 2.24) is 0 Å². The summed E-state index contributed by atoms with van der Waals surface area (Å²) >= 11 is 0. The second-order valence-corrected chi connectivity index (χ2v) is 3.47. The standard InChI is InChI=1S/C11H14F3NO/c1-8(16-2)7-15-10-6-4-3-5-9(10)11(12,13)14/h3-6,8,15H,7H2,1-2H3. The summed E-state index contributed by atoms with van der Waals surface area (Å²) in [6.45, 7) is 2.12.